The minimum atomic E-state index is -1.91. The lowest BCUT2D eigenvalue weighted by molar-refractivity contribution is -0.301. The van der Waals surface area contributed by atoms with Gasteiger partial charge in [0.05, 0.1) is 6.61 Å². The van der Waals surface area contributed by atoms with E-state index in [1.54, 1.807) is 0 Å². The van der Waals surface area contributed by atoms with Crippen LogP contribution in [-0.4, -0.2) is 89.2 Å². The molecule has 1 aliphatic heterocycles. The molecule has 6 atom stereocenters. The second kappa shape index (κ2) is 47.2. The van der Waals surface area contributed by atoms with Crippen LogP contribution in [0.3, 0.4) is 0 Å². The molecule has 12 nitrogen and oxygen atoms in total. The maximum atomic E-state index is 13.1. The number of rotatable bonds is 46. The fourth-order valence-corrected chi connectivity index (χ4v) is 8.00. The van der Waals surface area contributed by atoms with Gasteiger partial charge in [-0.25, -0.2) is 4.79 Å². The summed E-state index contributed by atoms with van der Waals surface area (Å²) in [6.07, 6.45) is 46.1. The molecule has 71 heavy (non-hydrogen) atoms. The molecule has 1 aliphatic rings. The fourth-order valence-electron chi connectivity index (χ4n) is 8.00. The van der Waals surface area contributed by atoms with Crippen molar-refractivity contribution in [2.75, 3.05) is 13.2 Å². The molecule has 3 N–H and O–H groups in total. The molecule has 0 aliphatic carbocycles. The first-order chi connectivity index (χ1) is 34.6. The van der Waals surface area contributed by atoms with Gasteiger partial charge in [0.25, 0.3) is 0 Å². The van der Waals surface area contributed by atoms with Crippen LogP contribution in [0.1, 0.15) is 226 Å². The summed E-state index contributed by atoms with van der Waals surface area (Å²) >= 11 is 0. The average molecular weight is 999 g/mol. The Hall–Kier alpha value is -3.84. The zero-order valence-electron chi connectivity index (χ0n) is 44.4. The highest BCUT2D eigenvalue weighted by Crippen LogP contribution is 2.26. The highest BCUT2D eigenvalue weighted by Gasteiger charge is 2.50. The van der Waals surface area contributed by atoms with Gasteiger partial charge in [0.1, 0.15) is 18.8 Å². The summed E-state index contributed by atoms with van der Waals surface area (Å²) in [5, 5.41) is 31.4. The molecule has 406 valence electrons. The maximum Gasteiger partial charge on any atom is 0.335 e. The van der Waals surface area contributed by atoms with Crippen molar-refractivity contribution in [3.63, 3.8) is 0 Å². The average Bonchev–Trinajstić information content (AvgIpc) is 3.35. The van der Waals surface area contributed by atoms with E-state index in [0.717, 1.165) is 103 Å². The van der Waals surface area contributed by atoms with E-state index in [-0.39, 0.29) is 25.9 Å². The predicted octanol–water partition coefficient (Wildman–Crippen LogP) is 13.8. The Balaban J connectivity index is 2.73. The number of carboxylic acids is 1. The number of aliphatic hydroxyl groups excluding tert-OH is 2. The van der Waals surface area contributed by atoms with Crippen molar-refractivity contribution in [1.82, 2.24) is 0 Å². The summed E-state index contributed by atoms with van der Waals surface area (Å²) in [7, 11) is 0. The van der Waals surface area contributed by atoms with Crippen LogP contribution in [0, 0.1) is 0 Å². The Bertz CT molecular complexity index is 1510. The summed E-state index contributed by atoms with van der Waals surface area (Å²) in [5.41, 5.74) is 0. The Morgan fingerprint density at radius 3 is 1.44 bits per heavy atom. The van der Waals surface area contributed by atoms with Crippen LogP contribution in [-0.2, 0) is 42.9 Å². The van der Waals surface area contributed by atoms with Gasteiger partial charge in [0, 0.05) is 19.3 Å². The van der Waals surface area contributed by atoms with Crippen molar-refractivity contribution in [2.24, 2.45) is 0 Å². The van der Waals surface area contributed by atoms with Gasteiger partial charge in [-0.15, -0.1) is 0 Å². The van der Waals surface area contributed by atoms with Gasteiger partial charge >= 0.3 is 23.9 Å². The molecule has 0 aromatic carbocycles. The first-order valence-corrected chi connectivity index (χ1v) is 27.9. The van der Waals surface area contributed by atoms with E-state index in [4.69, 9.17) is 23.7 Å². The highest BCUT2D eigenvalue weighted by molar-refractivity contribution is 5.74. The van der Waals surface area contributed by atoms with Gasteiger partial charge in [-0.05, 0) is 77.0 Å². The number of unbranched alkanes of at least 4 members (excludes halogenated alkanes) is 20. The lowest BCUT2D eigenvalue weighted by Crippen LogP contribution is -2.61. The van der Waals surface area contributed by atoms with E-state index in [2.05, 4.69) is 81.5 Å². The summed E-state index contributed by atoms with van der Waals surface area (Å²) < 4.78 is 28.3. The van der Waals surface area contributed by atoms with E-state index < -0.39 is 67.3 Å². The standard InChI is InChI=1S/C59H98O12/c1-4-7-10-13-16-19-22-24-25-26-27-29-32-35-38-41-44-47-53(62)70-57-55(64)54(63)56(58(65)66)71-59(57)68-49-50(69-52(61)46-43-40-37-34-30-21-18-15-12-9-6-3)48-67-51(60)45-42-39-36-33-31-28-23-20-17-14-11-8-5-2/h8,11,16-17,19-20,24-25,28,31,36,39,50,54-57,59,63-64H,4-7,9-10,12-15,18,21-23,26-27,29-30,32-35,37-38,40-49H2,1-3H3,(H,65,66)/b11-8-,19-16-,20-17-,25-24-,31-28-,39-36-. The molecule has 0 amide bonds. The van der Waals surface area contributed by atoms with Gasteiger partial charge in [0.2, 0.25) is 0 Å². The molecular formula is C59H98O12. The molecule has 0 aromatic rings. The number of hydrogen-bond acceptors (Lipinski definition) is 11. The predicted molar refractivity (Wildman–Crippen MR) is 285 cm³/mol. The van der Waals surface area contributed by atoms with Gasteiger partial charge in [-0.3, -0.25) is 14.4 Å². The van der Waals surface area contributed by atoms with E-state index in [1.165, 1.54) is 64.2 Å². The Morgan fingerprint density at radius 1 is 0.479 bits per heavy atom. The Morgan fingerprint density at radius 2 is 0.915 bits per heavy atom. The van der Waals surface area contributed by atoms with Crippen LogP contribution in [0.15, 0.2) is 72.9 Å². The van der Waals surface area contributed by atoms with Crippen molar-refractivity contribution in [1.29, 1.82) is 0 Å². The van der Waals surface area contributed by atoms with Crippen LogP contribution in [0.4, 0.5) is 0 Å². The summed E-state index contributed by atoms with van der Waals surface area (Å²) in [5.74, 6) is -3.24. The number of carbonyl (C=O) groups is 4. The lowest BCUT2D eigenvalue weighted by atomic mass is 9.98. The molecule has 0 radical (unpaired) electrons. The zero-order valence-corrected chi connectivity index (χ0v) is 44.4. The number of ether oxygens (including phenoxy) is 5. The summed E-state index contributed by atoms with van der Waals surface area (Å²) in [6.45, 7) is 5.76. The molecule has 0 saturated carbocycles. The van der Waals surface area contributed by atoms with Crippen molar-refractivity contribution in [3.05, 3.63) is 72.9 Å². The van der Waals surface area contributed by atoms with Crippen LogP contribution in [0.25, 0.3) is 0 Å². The molecule has 6 unspecified atom stereocenters. The Labute approximate surface area is 429 Å². The fraction of sp³-hybridized carbons (Fsp3) is 0.729. The molecule has 1 rings (SSSR count). The van der Waals surface area contributed by atoms with Gasteiger partial charge in [0.15, 0.2) is 24.6 Å². The number of aliphatic carboxylic acids is 1. The largest absolute Gasteiger partial charge is 0.479 e. The van der Waals surface area contributed by atoms with Crippen LogP contribution in [0.5, 0.6) is 0 Å². The summed E-state index contributed by atoms with van der Waals surface area (Å²) in [4.78, 5) is 50.9. The van der Waals surface area contributed by atoms with E-state index in [1.807, 2.05) is 12.2 Å². The molecule has 1 heterocycles. The molecule has 0 bridgehead atoms. The van der Waals surface area contributed by atoms with Gasteiger partial charge < -0.3 is 39.0 Å². The molecule has 1 fully saturated rings. The van der Waals surface area contributed by atoms with Crippen LogP contribution >= 0.6 is 0 Å². The molecule has 0 aromatic heterocycles. The number of esters is 3. The van der Waals surface area contributed by atoms with Crippen molar-refractivity contribution in [2.45, 2.75) is 263 Å². The normalized spacial score (nSPS) is 19.0. The van der Waals surface area contributed by atoms with Crippen molar-refractivity contribution >= 4 is 23.9 Å². The Kier molecular flexibility index (Phi) is 43.3. The first kappa shape index (κ1) is 65.2. The van der Waals surface area contributed by atoms with E-state index >= 15 is 0 Å². The number of hydrogen-bond donors (Lipinski definition) is 3. The van der Waals surface area contributed by atoms with Crippen molar-refractivity contribution in [3.8, 4) is 0 Å². The second-order valence-electron chi connectivity index (χ2n) is 18.8. The minimum Gasteiger partial charge on any atom is -0.479 e. The third kappa shape index (κ3) is 37.6. The SMILES string of the molecule is CC/C=C\C/C=C\C/C=C\C/C=C\CCC(=O)OCC(COC1OC(C(=O)O)C(O)C(O)C1OC(=O)CCCCCCCCC/C=C\C/C=C\CCCCC)OC(=O)CCCCCCCCCCCCC. The maximum absolute atomic E-state index is 13.1. The molecule has 12 heteroatoms. The highest BCUT2D eigenvalue weighted by atomic mass is 16.7. The van der Waals surface area contributed by atoms with E-state index in [0.29, 0.717) is 19.3 Å². The molecular weight excluding hydrogens is 901 g/mol. The summed E-state index contributed by atoms with van der Waals surface area (Å²) in [6, 6.07) is 0. The quantitative estimate of drug-likeness (QED) is 0.0228. The van der Waals surface area contributed by atoms with Gasteiger partial charge in [-0.1, -0.05) is 203 Å². The topological polar surface area (TPSA) is 175 Å². The monoisotopic (exact) mass is 999 g/mol. The second-order valence-corrected chi connectivity index (χ2v) is 18.8. The van der Waals surface area contributed by atoms with Crippen LogP contribution in [0.2, 0.25) is 0 Å². The number of allylic oxidation sites excluding steroid dienone is 12. The van der Waals surface area contributed by atoms with Crippen LogP contribution < -0.4 is 0 Å². The van der Waals surface area contributed by atoms with Crippen molar-refractivity contribution < 1.29 is 58.2 Å². The molecule has 1 saturated heterocycles. The van der Waals surface area contributed by atoms with Gasteiger partial charge in [-0.2, -0.15) is 0 Å². The number of carboxylic acid groups (broad SMARTS) is 1. The number of carbonyl (C=O) groups excluding carboxylic acids is 3. The third-order valence-corrected chi connectivity index (χ3v) is 12.3. The minimum absolute atomic E-state index is 0.0440. The third-order valence-electron chi connectivity index (χ3n) is 12.3. The number of aliphatic hydroxyl groups is 2. The first-order valence-electron chi connectivity index (χ1n) is 27.9. The smallest absolute Gasteiger partial charge is 0.335 e. The lowest BCUT2D eigenvalue weighted by Gasteiger charge is -2.40. The van der Waals surface area contributed by atoms with E-state index in [9.17, 15) is 34.5 Å². The zero-order chi connectivity index (χ0) is 51.8. The molecule has 0 spiro atoms.